The zero-order valence-corrected chi connectivity index (χ0v) is 17.5. The maximum Gasteiger partial charge on any atom is 0.325 e. The second kappa shape index (κ2) is 9.35. The van der Waals surface area contributed by atoms with Crippen LogP contribution in [0.1, 0.15) is 11.1 Å². The number of halogens is 2. The lowest BCUT2D eigenvalue weighted by Crippen LogP contribution is -2.34. The number of benzene rings is 2. The van der Waals surface area contributed by atoms with E-state index >= 15 is 0 Å². The number of hydrogen-bond donors (Lipinski definition) is 0. The molecule has 0 N–H and O–H groups in total. The van der Waals surface area contributed by atoms with E-state index in [1.165, 1.54) is 13.2 Å². The van der Waals surface area contributed by atoms with Crippen molar-refractivity contribution in [3.05, 3.63) is 68.5 Å². The molecule has 1 fully saturated rings. The van der Waals surface area contributed by atoms with E-state index in [0.29, 0.717) is 28.0 Å². The fraction of sp³-hybridized carbons (Fsp3) is 0.150. The molecule has 0 radical (unpaired) electrons. The minimum Gasteiger partial charge on any atom is -0.487 e. The van der Waals surface area contributed by atoms with Crippen LogP contribution in [0.4, 0.5) is 4.79 Å². The van der Waals surface area contributed by atoms with E-state index in [9.17, 15) is 14.4 Å². The van der Waals surface area contributed by atoms with Gasteiger partial charge in [0.25, 0.3) is 11.1 Å². The highest BCUT2D eigenvalue weighted by Gasteiger charge is 2.36. The molecule has 150 valence electrons. The first-order valence-corrected chi connectivity index (χ1v) is 9.93. The van der Waals surface area contributed by atoms with Gasteiger partial charge in [0.1, 0.15) is 18.9 Å². The number of rotatable bonds is 6. The Balaban J connectivity index is 1.69. The molecule has 1 saturated heterocycles. The molecule has 0 aromatic heterocycles. The normalized spacial score (nSPS) is 15.1. The largest absolute Gasteiger partial charge is 0.487 e. The Bertz CT molecular complexity index is 991. The molecule has 2 aromatic rings. The van der Waals surface area contributed by atoms with Crippen LogP contribution >= 0.6 is 35.0 Å². The average Bonchev–Trinajstić information content (AvgIpc) is 2.96. The van der Waals surface area contributed by atoms with Gasteiger partial charge in [-0.05, 0) is 53.2 Å². The zero-order chi connectivity index (χ0) is 21.0. The molecular weight excluding hydrogens is 437 g/mol. The topological polar surface area (TPSA) is 72.9 Å². The molecule has 0 bridgehead atoms. The summed E-state index contributed by atoms with van der Waals surface area (Å²) in [5.41, 5.74) is 1.56. The zero-order valence-electron chi connectivity index (χ0n) is 15.2. The highest BCUT2D eigenvalue weighted by molar-refractivity contribution is 8.18. The van der Waals surface area contributed by atoms with Gasteiger partial charge >= 0.3 is 5.97 Å². The Kier molecular flexibility index (Phi) is 6.84. The number of ether oxygens (including phenoxy) is 2. The summed E-state index contributed by atoms with van der Waals surface area (Å²) in [6.07, 6.45) is 1.54. The van der Waals surface area contributed by atoms with E-state index in [4.69, 9.17) is 27.9 Å². The predicted molar refractivity (Wildman–Crippen MR) is 112 cm³/mol. The van der Waals surface area contributed by atoms with Crippen molar-refractivity contribution in [1.29, 1.82) is 0 Å². The first kappa shape index (κ1) is 21.2. The molecule has 0 saturated carbocycles. The molecule has 6 nitrogen and oxygen atoms in total. The van der Waals surface area contributed by atoms with Crippen LogP contribution in [0.2, 0.25) is 10.0 Å². The smallest absolute Gasteiger partial charge is 0.325 e. The third-order valence-corrected chi connectivity index (χ3v) is 5.40. The number of methoxy groups -OCH3 is 1. The lowest BCUT2D eigenvalue weighted by Gasteiger charge is -2.10. The standard InChI is InChI=1S/C20H15Cl2NO5S/c1-27-18(24)10-23-19(25)17(29-20(23)26)9-13-4-7-16(15(22)8-13)28-11-12-2-5-14(21)6-3-12/h2-9H,10-11H2,1H3/b17-9-. The third-order valence-electron chi connectivity index (χ3n) is 3.95. The molecule has 9 heteroatoms. The third kappa shape index (κ3) is 5.32. The van der Waals surface area contributed by atoms with Crippen LogP contribution in [0.3, 0.4) is 0 Å². The van der Waals surface area contributed by atoms with E-state index < -0.39 is 23.7 Å². The fourth-order valence-corrected chi connectivity index (χ4v) is 3.65. The fourth-order valence-electron chi connectivity index (χ4n) is 2.45. The van der Waals surface area contributed by atoms with Crippen molar-refractivity contribution in [3.63, 3.8) is 0 Å². The van der Waals surface area contributed by atoms with E-state index in [-0.39, 0.29) is 4.91 Å². The lowest BCUT2D eigenvalue weighted by molar-refractivity contribution is -0.143. The number of nitrogens with zero attached hydrogens (tertiary/aromatic N) is 1. The van der Waals surface area contributed by atoms with Crippen LogP contribution < -0.4 is 4.74 Å². The summed E-state index contributed by atoms with van der Waals surface area (Å²) in [6, 6.07) is 12.3. The molecular formula is C20H15Cl2NO5S. The van der Waals surface area contributed by atoms with Crippen molar-refractivity contribution >= 4 is 58.2 Å². The summed E-state index contributed by atoms with van der Waals surface area (Å²) in [5, 5.41) is 0.481. The highest BCUT2D eigenvalue weighted by atomic mass is 35.5. The molecule has 1 aliphatic heterocycles. The molecule has 0 atom stereocenters. The van der Waals surface area contributed by atoms with Gasteiger partial charge in [-0.1, -0.05) is 41.4 Å². The van der Waals surface area contributed by atoms with Gasteiger partial charge in [0, 0.05) is 5.02 Å². The van der Waals surface area contributed by atoms with Gasteiger partial charge in [0.05, 0.1) is 17.0 Å². The van der Waals surface area contributed by atoms with E-state index in [1.54, 1.807) is 30.3 Å². The molecule has 1 heterocycles. The number of carbonyl (C=O) groups is 3. The van der Waals surface area contributed by atoms with Gasteiger partial charge in [0.15, 0.2) is 0 Å². The van der Waals surface area contributed by atoms with Crippen molar-refractivity contribution in [2.45, 2.75) is 6.61 Å². The Morgan fingerprint density at radius 2 is 1.86 bits per heavy atom. The van der Waals surface area contributed by atoms with Crippen molar-refractivity contribution < 1.29 is 23.9 Å². The number of imide groups is 1. The van der Waals surface area contributed by atoms with Crippen LogP contribution in [-0.2, 0) is 20.9 Å². The summed E-state index contributed by atoms with van der Waals surface area (Å²) >= 11 is 12.9. The van der Waals surface area contributed by atoms with Crippen LogP contribution in [0.5, 0.6) is 5.75 Å². The van der Waals surface area contributed by atoms with Gasteiger partial charge in [-0.3, -0.25) is 19.3 Å². The van der Waals surface area contributed by atoms with Crippen LogP contribution in [0, 0.1) is 0 Å². The number of carbonyl (C=O) groups excluding carboxylic acids is 3. The average molecular weight is 452 g/mol. The van der Waals surface area contributed by atoms with Gasteiger partial charge in [-0.2, -0.15) is 0 Å². The highest BCUT2D eigenvalue weighted by Crippen LogP contribution is 2.34. The lowest BCUT2D eigenvalue weighted by atomic mass is 10.2. The molecule has 29 heavy (non-hydrogen) atoms. The van der Waals surface area contributed by atoms with Gasteiger partial charge < -0.3 is 9.47 Å². The number of thioether (sulfide) groups is 1. The Hall–Kier alpha value is -2.48. The van der Waals surface area contributed by atoms with Crippen molar-refractivity contribution in [2.75, 3.05) is 13.7 Å². The molecule has 0 unspecified atom stereocenters. The van der Waals surface area contributed by atoms with Gasteiger partial charge in [-0.15, -0.1) is 0 Å². The van der Waals surface area contributed by atoms with Crippen molar-refractivity contribution in [1.82, 2.24) is 4.90 Å². The molecule has 0 spiro atoms. The summed E-state index contributed by atoms with van der Waals surface area (Å²) in [6.45, 7) is -0.0978. The second-order valence-electron chi connectivity index (χ2n) is 5.95. The Morgan fingerprint density at radius 3 is 2.52 bits per heavy atom. The van der Waals surface area contributed by atoms with E-state index in [1.807, 2.05) is 12.1 Å². The summed E-state index contributed by atoms with van der Waals surface area (Å²) in [4.78, 5) is 36.7. The molecule has 3 rings (SSSR count). The number of esters is 1. The van der Waals surface area contributed by atoms with Gasteiger partial charge in [0.2, 0.25) is 0 Å². The first-order valence-electron chi connectivity index (χ1n) is 8.36. The Labute approximate surface area is 181 Å². The van der Waals surface area contributed by atoms with Gasteiger partial charge in [-0.25, -0.2) is 0 Å². The Morgan fingerprint density at radius 1 is 1.14 bits per heavy atom. The predicted octanol–water partition coefficient (Wildman–Crippen LogP) is 4.78. The molecule has 2 amide bonds. The molecule has 0 aliphatic carbocycles. The minimum absolute atomic E-state index is 0.199. The van der Waals surface area contributed by atoms with E-state index in [0.717, 1.165) is 22.2 Å². The van der Waals surface area contributed by atoms with Crippen molar-refractivity contribution in [2.24, 2.45) is 0 Å². The monoisotopic (exact) mass is 451 g/mol. The van der Waals surface area contributed by atoms with Crippen LogP contribution in [0.15, 0.2) is 47.4 Å². The quantitative estimate of drug-likeness (QED) is 0.464. The number of hydrogen-bond acceptors (Lipinski definition) is 6. The minimum atomic E-state index is -0.668. The first-order chi connectivity index (χ1) is 13.9. The summed E-state index contributed by atoms with van der Waals surface area (Å²) in [7, 11) is 1.19. The molecule has 2 aromatic carbocycles. The SMILES string of the molecule is COC(=O)CN1C(=O)S/C(=C\c2ccc(OCc3ccc(Cl)cc3)c(Cl)c2)C1=O. The molecule has 1 aliphatic rings. The summed E-state index contributed by atoms with van der Waals surface area (Å²) < 4.78 is 10.2. The van der Waals surface area contributed by atoms with Crippen molar-refractivity contribution in [3.8, 4) is 5.75 Å². The maximum atomic E-state index is 12.3. The van der Waals surface area contributed by atoms with Crippen LogP contribution in [-0.4, -0.2) is 35.7 Å². The maximum absolute atomic E-state index is 12.3. The summed E-state index contributed by atoms with van der Waals surface area (Å²) in [5.74, 6) is -0.735. The van der Waals surface area contributed by atoms with E-state index in [2.05, 4.69) is 4.74 Å². The number of amides is 2. The second-order valence-corrected chi connectivity index (χ2v) is 7.79. The van der Waals surface area contributed by atoms with Crippen LogP contribution in [0.25, 0.3) is 6.08 Å².